The molecule has 0 aliphatic rings. The zero-order chi connectivity index (χ0) is 9.97. The van der Waals surface area contributed by atoms with Crippen molar-refractivity contribution in [2.45, 2.75) is 12.4 Å². The molecule has 0 radical (unpaired) electrons. The van der Waals surface area contributed by atoms with Gasteiger partial charge in [-0.15, -0.1) is 28.0 Å². The molecule has 0 aromatic carbocycles. The molecular formula is C8H7Cl2N3S. The van der Waals surface area contributed by atoms with E-state index in [1.807, 2.05) is 18.3 Å². The van der Waals surface area contributed by atoms with Crippen molar-refractivity contribution in [3.63, 3.8) is 0 Å². The third-order valence-corrected chi connectivity index (χ3v) is 3.16. The molecular weight excluding hydrogens is 241 g/mol. The maximum atomic E-state index is 5.81. The lowest BCUT2D eigenvalue weighted by molar-refractivity contribution is 0.655. The van der Waals surface area contributed by atoms with Crippen LogP contribution >= 0.6 is 34.5 Å². The first kappa shape index (κ1) is 9.96. The fourth-order valence-electron chi connectivity index (χ4n) is 1.07. The van der Waals surface area contributed by atoms with Gasteiger partial charge in [-0.3, -0.25) is 0 Å². The van der Waals surface area contributed by atoms with Gasteiger partial charge in [-0.1, -0.05) is 16.8 Å². The van der Waals surface area contributed by atoms with Crippen LogP contribution in [-0.4, -0.2) is 15.0 Å². The first-order chi connectivity index (χ1) is 6.78. The Morgan fingerprint density at radius 1 is 1.43 bits per heavy atom. The SMILES string of the molecule is ClCc1cn(Cc2ccc(Cl)s2)nn1. The van der Waals surface area contributed by atoms with Crippen LogP contribution in [0, 0.1) is 0 Å². The van der Waals surface area contributed by atoms with Crippen molar-refractivity contribution in [3.05, 3.63) is 33.2 Å². The van der Waals surface area contributed by atoms with Gasteiger partial charge in [-0.25, -0.2) is 4.68 Å². The lowest BCUT2D eigenvalue weighted by Gasteiger charge is -1.94. The van der Waals surface area contributed by atoms with Crippen molar-refractivity contribution in [2.24, 2.45) is 0 Å². The number of hydrogen-bond donors (Lipinski definition) is 0. The molecule has 2 heterocycles. The van der Waals surface area contributed by atoms with Crippen molar-refractivity contribution < 1.29 is 0 Å². The predicted molar refractivity (Wildman–Crippen MR) is 58.0 cm³/mol. The van der Waals surface area contributed by atoms with Crippen LogP contribution in [-0.2, 0) is 12.4 Å². The minimum Gasteiger partial charge on any atom is -0.247 e. The highest BCUT2D eigenvalue weighted by Crippen LogP contribution is 2.21. The van der Waals surface area contributed by atoms with Crippen molar-refractivity contribution in [1.29, 1.82) is 0 Å². The Kier molecular flexibility index (Phi) is 3.05. The van der Waals surface area contributed by atoms with E-state index in [0.717, 1.165) is 14.9 Å². The molecule has 6 heteroatoms. The van der Waals surface area contributed by atoms with Gasteiger partial charge in [0.25, 0.3) is 0 Å². The molecule has 0 bridgehead atoms. The summed E-state index contributed by atoms with van der Waals surface area (Å²) in [6.45, 7) is 0.696. The minimum atomic E-state index is 0.394. The zero-order valence-corrected chi connectivity index (χ0v) is 9.48. The van der Waals surface area contributed by atoms with E-state index in [0.29, 0.717) is 12.4 Å². The first-order valence-corrected chi connectivity index (χ1v) is 5.70. The molecule has 2 aromatic heterocycles. The van der Waals surface area contributed by atoms with Gasteiger partial charge in [0.1, 0.15) is 0 Å². The van der Waals surface area contributed by atoms with E-state index in [2.05, 4.69) is 10.3 Å². The van der Waals surface area contributed by atoms with Crippen LogP contribution in [0.3, 0.4) is 0 Å². The number of nitrogens with zero attached hydrogens (tertiary/aromatic N) is 3. The van der Waals surface area contributed by atoms with Gasteiger partial charge < -0.3 is 0 Å². The lowest BCUT2D eigenvalue weighted by atomic mass is 10.4. The fraction of sp³-hybridized carbons (Fsp3) is 0.250. The molecule has 74 valence electrons. The van der Waals surface area contributed by atoms with Gasteiger partial charge >= 0.3 is 0 Å². The summed E-state index contributed by atoms with van der Waals surface area (Å²) in [5.41, 5.74) is 0.786. The molecule has 14 heavy (non-hydrogen) atoms. The summed E-state index contributed by atoms with van der Waals surface area (Å²) >= 11 is 13.0. The summed E-state index contributed by atoms with van der Waals surface area (Å²) in [6.07, 6.45) is 1.83. The van der Waals surface area contributed by atoms with E-state index in [-0.39, 0.29) is 0 Å². The second kappa shape index (κ2) is 4.29. The number of halogens is 2. The molecule has 0 aliphatic heterocycles. The topological polar surface area (TPSA) is 30.7 Å². The van der Waals surface area contributed by atoms with E-state index >= 15 is 0 Å². The molecule has 0 saturated heterocycles. The van der Waals surface area contributed by atoms with E-state index in [4.69, 9.17) is 23.2 Å². The molecule has 0 aliphatic carbocycles. The summed E-state index contributed by atoms with van der Waals surface area (Å²) in [5, 5.41) is 7.83. The molecule has 2 rings (SSSR count). The number of aromatic nitrogens is 3. The highest BCUT2D eigenvalue weighted by Gasteiger charge is 2.02. The second-order valence-electron chi connectivity index (χ2n) is 2.75. The number of hydrogen-bond acceptors (Lipinski definition) is 3. The Morgan fingerprint density at radius 3 is 2.86 bits per heavy atom. The highest BCUT2D eigenvalue weighted by atomic mass is 35.5. The van der Waals surface area contributed by atoms with Gasteiger partial charge in [0.05, 0.1) is 28.7 Å². The zero-order valence-electron chi connectivity index (χ0n) is 7.15. The summed E-state index contributed by atoms with van der Waals surface area (Å²) in [6, 6.07) is 3.86. The highest BCUT2D eigenvalue weighted by molar-refractivity contribution is 7.16. The third kappa shape index (κ3) is 2.26. The quantitative estimate of drug-likeness (QED) is 0.782. The van der Waals surface area contributed by atoms with Crippen molar-refractivity contribution in [3.8, 4) is 0 Å². The molecule has 0 fully saturated rings. The smallest absolute Gasteiger partial charge is 0.0974 e. The normalized spacial score (nSPS) is 10.7. The van der Waals surface area contributed by atoms with Gasteiger partial charge in [0, 0.05) is 4.88 Å². The summed E-state index contributed by atoms with van der Waals surface area (Å²) in [5.74, 6) is 0.394. The van der Waals surface area contributed by atoms with E-state index < -0.39 is 0 Å². The van der Waals surface area contributed by atoms with Gasteiger partial charge in [0.15, 0.2) is 0 Å². The lowest BCUT2D eigenvalue weighted by Crippen LogP contribution is -1.97. The van der Waals surface area contributed by atoms with Gasteiger partial charge in [-0.2, -0.15) is 0 Å². The number of alkyl halides is 1. The van der Waals surface area contributed by atoms with Crippen molar-refractivity contribution in [2.75, 3.05) is 0 Å². The first-order valence-electron chi connectivity index (χ1n) is 3.97. The van der Waals surface area contributed by atoms with Crippen LogP contribution in [0.2, 0.25) is 4.34 Å². The van der Waals surface area contributed by atoms with Crippen LogP contribution in [0.5, 0.6) is 0 Å². The molecule has 2 aromatic rings. The van der Waals surface area contributed by atoms with Crippen LogP contribution in [0.25, 0.3) is 0 Å². The van der Waals surface area contributed by atoms with Gasteiger partial charge in [0.2, 0.25) is 0 Å². The Hall–Kier alpha value is -0.580. The Labute approximate surface area is 95.3 Å². The molecule has 0 unspecified atom stereocenters. The predicted octanol–water partition coefficient (Wildman–Crippen LogP) is 2.78. The van der Waals surface area contributed by atoms with Crippen molar-refractivity contribution >= 4 is 34.5 Å². The van der Waals surface area contributed by atoms with Crippen LogP contribution in [0.15, 0.2) is 18.3 Å². The van der Waals surface area contributed by atoms with Crippen LogP contribution < -0.4 is 0 Å². The third-order valence-electron chi connectivity index (χ3n) is 1.67. The molecule has 0 atom stereocenters. The summed E-state index contributed by atoms with van der Waals surface area (Å²) < 4.78 is 2.54. The standard InChI is InChI=1S/C8H7Cl2N3S/c9-3-6-4-13(12-11-6)5-7-1-2-8(10)14-7/h1-2,4H,3,5H2. The van der Waals surface area contributed by atoms with Crippen molar-refractivity contribution in [1.82, 2.24) is 15.0 Å². The van der Waals surface area contributed by atoms with Crippen LogP contribution in [0.1, 0.15) is 10.6 Å². The van der Waals surface area contributed by atoms with E-state index in [1.165, 1.54) is 0 Å². The molecule has 0 amide bonds. The fourth-order valence-corrected chi connectivity index (χ4v) is 2.28. The number of rotatable bonds is 3. The van der Waals surface area contributed by atoms with Crippen LogP contribution in [0.4, 0.5) is 0 Å². The maximum Gasteiger partial charge on any atom is 0.0974 e. The minimum absolute atomic E-state index is 0.394. The summed E-state index contributed by atoms with van der Waals surface area (Å²) in [7, 11) is 0. The molecule has 3 nitrogen and oxygen atoms in total. The number of thiophene rings is 1. The monoisotopic (exact) mass is 247 g/mol. The molecule has 0 saturated carbocycles. The van der Waals surface area contributed by atoms with E-state index in [9.17, 15) is 0 Å². The average Bonchev–Trinajstić information content (AvgIpc) is 2.76. The molecule has 0 spiro atoms. The molecule has 0 N–H and O–H groups in total. The Morgan fingerprint density at radius 2 is 2.29 bits per heavy atom. The van der Waals surface area contributed by atoms with Gasteiger partial charge in [-0.05, 0) is 12.1 Å². The summed E-state index contributed by atoms with van der Waals surface area (Å²) in [4.78, 5) is 1.15. The second-order valence-corrected chi connectivity index (χ2v) is 4.81. The van der Waals surface area contributed by atoms with E-state index in [1.54, 1.807) is 16.0 Å². The Bertz CT molecular complexity index is 424. The Balaban J connectivity index is 2.10. The maximum absolute atomic E-state index is 5.81. The largest absolute Gasteiger partial charge is 0.247 e. The average molecular weight is 248 g/mol.